The van der Waals surface area contributed by atoms with E-state index < -0.39 is 0 Å². The molecule has 0 radical (unpaired) electrons. The molecule has 0 bridgehead atoms. The summed E-state index contributed by atoms with van der Waals surface area (Å²) in [5.74, 6) is 0.950. The molecule has 1 aromatic heterocycles. The van der Waals surface area contributed by atoms with Gasteiger partial charge in [-0.05, 0) is 38.5 Å². The van der Waals surface area contributed by atoms with Crippen LogP contribution in [0.25, 0.3) is 0 Å². The summed E-state index contributed by atoms with van der Waals surface area (Å²) in [6, 6.07) is 0.811. The molecule has 2 fully saturated rings. The molecule has 0 aromatic carbocycles. The van der Waals surface area contributed by atoms with Crippen molar-refractivity contribution in [3.63, 3.8) is 0 Å². The van der Waals surface area contributed by atoms with Crippen LogP contribution in [0.2, 0.25) is 5.15 Å². The molecule has 94 valence electrons. The Morgan fingerprint density at radius 3 is 2.53 bits per heavy atom. The Morgan fingerprint density at radius 1 is 1.35 bits per heavy atom. The summed E-state index contributed by atoms with van der Waals surface area (Å²) in [4.78, 5) is 2.62. The predicted octanol–water partition coefficient (Wildman–Crippen LogP) is 2.76. The van der Waals surface area contributed by atoms with Crippen LogP contribution in [0, 0.1) is 12.8 Å². The zero-order valence-corrected chi connectivity index (χ0v) is 11.4. The molecule has 1 aromatic rings. The first kappa shape index (κ1) is 11.5. The highest BCUT2D eigenvalue weighted by molar-refractivity contribution is 6.30. The quantitative estimate of drug-likeness (QED) is 0.805. The Labute approximate surface area is 108 Å². The average Bonchev–Trinajstić information content (AvgIpc) is 3.14. The third-order valence-corrected chi connectivity index (χ3v) is 4.36. The normalized spacial score (nSPS) is 20.2. The molecule has 1 heterocycles. The van der Waals surface area contributed by atoms with Crippen molar-refractivity contribution >= 4 is 11.6 Å². The van der Waals surface area contributed by atoms with Gasteiger partial charge in [0.25, 0.3) is 0 Å². The molecule has 0 atom stereocenters. The minimum atomic E-state index is 0.809. The maximum Gasteiger partial charge on any atom is 0.131 e. The number of aryl methyl sites for hydroxylation is 2. The molecule has 3 rings (SSSR count). The van der Waals surface area contributed by atoms with Crippen molar-refractivity contribution in [2.24, 2.45) is 13.0 Å². The topological polar surface area (TPSA) is 21.1 Å². The molecule has 2 aliphatic carbocycles. The number of hydrogen-bond donors (Lipinski definition) is 0. The van der Waals surface area contributed by atoms with E-state index in [1.807, 2.05) is 7.05 Å². The van der Waals surface area contributed by atoms with E-state index in [2.05, 4.69) is 16.9 Å². The third-order valence-electron chi connectivity index (χ3n) is 3.88. The Morgan fingerprint density at radius 2 is 2.06 bits per heavy atom. The van der Waals surface area contributed by atoms with Crippen molar-refractivity contribution in [1.82, 2.24) is 14.7 Å². The first-order chi connectivity index (χ1) is 8.15. The molecule has 3 nitrogen and oxygen atoms in total. The van der Waals surface area contributed by atoms with Gasteiger partial charge in [-0.1, -0.05) is 11.6 Å². The minimum Gasteiger partial charge on any atom is -0.296 e. The predicted molar refractivity (Wildman–Crippen MR) is 69.1 cm³/mol. The fourth-order valence-corrected chi connectivity index (χ4v) is 2.71. The van der Waals surface area contributed by atoms with Crippen LogP contribution >= 0.6 is 11.6 Å². The summed E-state index contributed by atoms with van der Waals surface area (Å²) in [7, 11) is 1.92. The number of rotatable bonds is 5. The van der Waals surface area contributed by atoms with Crippen molar-refractivity contribution < 1.29 is 0 Å². The molecule has 17 heavy (non-hydrogen) atoms. The molecule has 0 amide bonds. The molecular formula is C13H20ClN3. The highest BCUT2D eigenvalue weighted by Gasteiger charge is 2.34. The van der Waals surface area contributed by atoms with Crippen LogP contribution in [0.1, 0.15) is 36.9 Å². The smallest absolute Gasteiger partial charge is 0.131 e. The maximum absolute atomic E-state index is 6.31. The largest absolute Gasteiger partial charge is 0.296 e. The lowest BCUT2D eigenvalue weighted by Crippen LogP contribution is -2.28. The third kappa shape index (κ3) is 2.50. The van der Waals surface area contributed by atoms with Crippen molar-refractivity contribution in [3.05, 3.63) is 16.4 Å². The summed E-state index contributed by atoms with van der Waals surface area (Å²) < 4.78 is 1.79. The van der Waals surface area contributed by atoms with Gasteiger partial charge in [0, 0.05) is 31.7 Å². The van der Waals surface area contributed by atoms with Crippen LogP contribution in [0.15, 0.2) is 0 Å². The van der Waals surface area contributed by atoms with Gasteiger partial charge in [-0.15, -0.1) is 0 Å². The molecule has 2 saturated carbocycles. The van der Waals surface area contributed by atoms with Crippen LogP contribution in [0.4, 0.5) is 0 Å². The molecule has 2 aliphatic rings. The standard InChI is InChI=1S/C13H20ClN3/c1-9-12(13(14)16(2)15-9)8-17(11-5-6-11)7-10-3-4-10/h10-11H,3-8H2,1-2H3. The molecule has 0 spiro atoms. The van der Waals surface area contributed by atoms with Gasteiger partial charge >= 0.3 is 0 Å². The lowest BCUT2D eigenvalue weighted by atomic mass is 10.2. The van der Waals surface area contributed by atoms with E-state index in [0.717, 1.165) is 29.4 Å². The van der Waals surface area contributed by atoms with E-state index in [9.17, 15) is 0 Å². The van der Waals surface area contributed by atoms with Crippen molar-refractivity contribution in [1.29, 1.82) is 0 Å². The van der Waals surface area contributed by atoms with E-state index in [0.29, 0.717) is 0 Å². The van der Waals surface area contributed by atoms with Crippen LogP contribution in [-0.4, -0.2) is 27.3 Å². The lowest BCUT2D eigenvalue weighted by Gasteiger charge is -2.21. The van der Waals surface area contributed by atoms with Crippen molar-refractivity contribution in [3.8, 4) is 0 Å². The summed E-state index contributed by atoms with van der Waals surface area (Å²) in [5, 5.41) is 5.21. The van der Waals surface area contributed by atoms with Gasteiger partial charge in [0.05, 0.1) is 5.69 Å². The fourth-order valence-electron chi connectivity index (χ4n) is 2.47. The Kier molecular flexibility index (Phi) is 2.91. The van der Waals surface area contributed by atoms with E-state index in [-0.39, 0.29) is 0 Å². The summed E-state index contributed by atoms with van der Waals surface area (Å²) in [5.41, 5.74) is 2.31. The number of halogens is 1. The second-order valence-electron chi connectivity index (χ2n) is 5.58. The van der Waals surface area contributed by atoms with Crippen LogP contribution in [0.5, 0.6) is 0 Å². The summed E-state index contributed by atoms with van der Waals surface area (Å²) >= 11 is 6.31. The maximum atomic E-state index is 6.31. The number of nitrogens with zero attached hydrogens (tertiary/aromatic N) is 3. The van der Waals surface area contributed by atoms with Crippen LogP contribution in [-0.2, 0) is 13.6 Å². The second kappa shape index (κ2) is 4.29. The minimum absolute atomic E-state index is 0.809. The molecule has 0 aliphatic heterocycles. The molecular weight excluding hydrogens is 234 g/mol. The first-order valence-electron chi connectivity index (χ1n) is 6.57. The molecule has 0 unspecified atom stereocenters. The van der Waals surface area contributed by atoms with E-state index in [4.69, 9.17) is 11.6 Å². The fraction of sp³-hybridized carbons (Fsp3) is 0.769. The zero-order valence-electron chi connectivity index (χ0n) is 10.6. The Balaban J connectivity index is 1.73. The SMILES string of the molecule is Cc1nn(C)c(Cl)c1CN(CC1CC1)C1CC1. The Hall–Kier alpha value is -0.540. The van der Waals surface area contributed by atoms with Crippen molar-refractivity contribution in [2.75, 3.05) is 6.54 Å². The Bertz CT molecular complexity index is 419. The van der Waals surface area contributed by atoms with Gasteiger partial charge in [0.15, 0.2) is 0 Å². The van der Waals surface area contributed by atoms with Gasteiger partial charge in [-0.2, -0.15) is 5.10 Å². The molecule has 0 N–H and O–H groups in total. The molecule has 0 saturated heterocycles. The number of aromatic nitrogens is 2. The van der Waals surface area contributed by atoms with Gasteiger partial charge < -0.3 is 0 Å². The first-order valence-corrected chi connectivity index (χ1v) is 6.95. The van der Waals surface area contributed by atoms with Crippen LogP contribution < -0.4 is 0 Å². The van der Waals surface area contributed by atoms with Gasteiger partial charge in [-0.25, -0.2) is 0 Å². The highest BCUT2D eigenvalue weighted by Crippen LogP contribution is 2.36. The lowest BCUT2D eigenvalue weighted by molar-refractivity contribution is 0.243. The highest BCUT2D eigenvalue weighted by atomic mass is 35.5. The molecule has 4 heteroatoms. The van der Waals surface area contributed by atoms with Gasteiger partial charge in [0.2, 0.25) is 0 Å². The number of hydrogen-bond acceptors (Lipinski definition) is 2. The second-order valence-corrected chi connectivity index (χ2v) is 5.94. The van der Waals surface area contributed by atoms with Crippen molar-refractivity contribution in [2.45, 2.75) is 45.2 Å². The monoisotopic (exact) mass is 253 g/mol. The zero-order chi connectivity index (χ0) is 12.0. The summed E-state index contributed by atoms with van der Waals surface area (Å²) in [6.07, 6.45) is 5.57. The van der Waals surface area contributed by atoms with Gasteiger partial charge in [0.1, 0.15) is 5.15 Å². The van der Waals surface area contributed by atoms with Crippen LogP contribution in [0.3, 0.4) is 0 Å². The van der Waals surface area contributed by atoms with E-state index >= 15 is 0 Å². The summed E-state index contributed by atoms with van der Waals surface area (Å²) in [6.45, 7) is 4.30. The van der Waals surface area contributed by atoms with E-state index in [1.165, 1.54) is 37.8 Å². The average molecular weight is 254 g/mol. The van der Waals surface area contributed by atoms with E-state index in [1.54, 1.807) is 4.68 Å². The van der Waals surface area contributed by atoms with Gasteiger partial charge in [-0.3, -0.25) is 9.58 Å².